The van der Waals surface area contributed by atoms with Gasteiger partial charge in [-0.3, -0.25) is 4.79 Å². The van der Waals surface area contributed by atoms with Crippen molar-refractivity contribution >= 4 is 44.2 Å². The summed E-state index contributed by atoms with van der Waals surface area (Å²) in [5.41, 5.74) is 5.47. The summed E-state index contributed by atoms with van der Waals surface area (Å²) in [5.74, 6) is 0.326. The second-order valence-electron chi connectivity index (χ2n) is 4.38. The molecule has 1 aliphatic heterocycles. The van der Waals surface area contributed by atoms with Crippen molar-refractivity contribution in [3.8, 4) is 0 Å². The highest BCUT2D eigenvalue weighted by Crippen LogP contribution is 2.23. The smallest absolute Gasteiger partial charge is 0.233 e. The van der Waals surface area contributed by atoms with Crippen molar-refractivity contribution in [2.75, 3.05) is 43.4 Å². The molecule has 1 amide bonds. The van der Waals surface area contributed by atoms with Crippen LogP contribution in [0.4, 0.5) is 5.13 Å². The number of sulfonamides is 1. The van der Waals surface area contributed by atoms with Gasteiger partial charge in [-0.1, -0.05) is 23.1 Å². The van der Waals surface area contributed by atoms with E-state index >= 15 is 0 Å². The molecule has 0 bridgehead atoms. The summed E-state index contributed by atoms with van der Waals surface area (Å²) in [6, 6.07) is 0. The Morgan fingerprint density at radius 3 is 2.52 bits per heavy atom. The van der Waals surface area contributed by atoms with Gasteiger partial charge in [0, 0.05) is 26.2 Å². The van der Waals surface area contributed by atoms with E-state index in [4.69, 9.17) is 5.73 Å². The fourth-order valence-corrected chi connectivity index (χ4v) is 4.52. The first kappa shape index (κ1) is 16.5. The first-order chi connectivity index (χ1) is 9.92. The van der Waals surface area contributed by atoms with Gasteiger partial charge in [0.25, 0.3) is 0 Å². The maximum atomic E-state index is 12.1. The van der Waals surface area contributed by atoms with E-state index in [-0.39, 0.29) is 17.4 Å². The number of aromatic nitrogens is 2. The lowest BCUT2D eigenvalue weighted by Gasteiger charge is -2.33. The normalized spacial score (nSPS) is 17.1. The molecule has 8 nitrogen and oxygen atoms in total. The van der Waals surface area contributed by atoms with E-state index in [1.165, 1.54) is 27.4 Å². The Morgan fingerprint density at radius 2 is 2.00 bits per heavy atom. The summed E-state index contributed by atoms with van der Waals surface area (Å²) in [6.07, 6.45) is 0. The van der Waals surface area contributed by atoms with Crippen molar-refractivity contribution in [2.24, 2.45) is 0 Å². The van der Waals surface area contributed by atoms with Crippen LogP contribution in [0.25, 0.3) is 0 Å². The molecule has 118 valence electrons. The molecule has 11 heteroatoms. The van der Waals surface area contributed by atoms with Gasteiger partial charge in [-0.05, 0) is 6.92 Å². The third kappa shape index (κ3) is 4.28. The molecule has 1 saturated heterocycles. The van der Waals surface area contributed by atoms with Crippen molar-refractivity contribution in [1.82, 2.24) is 19.4 Å². The molecule has 0 radical (unpaired) electrons. The largest absolute Gasteiger partial charge is 0.374 e. The quantitative estimate of drug-likeness (QED) is 0.726. The minimum Gasteiger partial charge on any atom is -0.374 e. The minimum absolute atomic E-state index is 0.0256. The van der Waals surface area contributed by atoms with Crippen LogP contribution in [0.1, 0.15) is 6.92 Å². The van der Waals surface area contributed by atoms with E-state index in [2.05, 4.69) is 10.2 Å². The molecule has 0 aromatic carbocycles. The van der Waals surface area contributed by atoms with Crippen molar-refractivity contribution in [3.05, 3.63) is 0 Å². The van der Waals surface area contributed by atoms with Gasteiger partial charge >= 0.3 is 0 Å². The number of nitrogen functional groups attached to an aromatic ring is 1. The number of thioether (sulfide) groups is 1. The number of carbonyl (C=O) groups is 1. The predicted molar refractivity (Wildman–Crippen MR) is 82.7 cm³/mol. The Hall–Kier alpha value is -0.910. The zero-order valence-electron chi connectivity index (χ0n) is 11.6. The molecule has 0 spiro atoms. The number of nitrogens with zero attached hydrogens (tertiary/aromatic N) is 4. The summed E-state index contributed by atoms with van der Waals surface area (Å²) in [4.78, 5) is 13.7. The number of amides is 1. The van der Waals surface area contributed by atoms with E-state index in [1.54, 1.807) is 11.8 Å². The van der Waals surface area contributed by atoms with Gasteiger partial charge in [0.15, 0.2) is 4.34 Å². The summed E-state index contributed by atoms with van der Waals surface area (Å²) in [6.45, 7) is 3.20. The summed E-state index contributed by atoms with van der Waals surface area (Å²) in [7, 11) is -3.16. The first-order valence-electron chi connectivity index (χ1n) is 6.39. The molecule has 1 aromatic rings. The number of hydrogen-bond donors (Lipinski definition) is 1. The highest BCUT2D eigenvalue weighted by molar-refractivity contribution is 8.01. The van der Waals surface area contributed by atoms with Gasteiger partial charge in [0.2, 0.25) is 21.1 Å². The molecule has 2 rings (SSSR count). The molecule has 0 saturated carbocycles. The summed E-state index contributed by atoms with van der Waals surface area (Å²) in [5, 5.41) is 7.90. The number of piperazine rings is 1. The van der Waals surface area contributed by atoms with Gasteiger partial charge in [-0.15, -0.1) is 10.2 Å². The van der Waals surface area contributed by atoms with Crippen LogP contribution in [0, 0.1) is 0 Å². The Kier molecular flexibility index (Phi) is 5.41. The standard InChI is InChI=1S/C10H17N5O3S3/c1-2-21(17,18)15-5-3-14(4-6-15)8(16)7-19-10-13-12-9(11)20-10/h2-7H2,1H3,(H2,11,12). The van der Waals surface area contributed by atoms with E-state index in [0.29, 0.717) is 35.7 Å². The van der Waals surface area contributed by atoms with Crippen LogP contribution in [0.15, 0.2) is 4.34 Å². The van der Waals surface area contributed by atoms with Crippen molar-refractivity contribution in [2.45, 2.75) is 11.3 Å². The highest BCUT2D eigenvalue weighted by atomic mass is 32.2. The SMILES string of the molecule is CCS(=O)(=O)N1CCN(C(=O)CSc2nnc(N)s2)CC1. The monoisotopic (exact) mass is 351 g/mol. The highest BCUT2D eigenvalue weighted by Gasteiger charge is 2.27. The number of anilines is 1. The Morgan fingerprint density at radius 1 is 1.33 bits per heavy atom. The number of hydrogen-bond acceptors (Lipinski definition) is 8. The molecular formula is C10H17N5O3S3. The second kappa shape index (κ2) is 6.90. The molecule has 0 atom stereocenters. The molecule has 21 heavy (non-hydrogen) atoms. The number of nitrogens with two attached hydrogens (primary N) is 1. The Balaban J connectivity index is 1.80. The third-order valence-corrected chi connectivity index (χ3v) is 6.84. The zero-order chi connectivity index (χ0) is 15.5. The topological polar surface area (TPSA) is 109 Å². The summed E-state index contributed by atoms with van der Waals surface area (Å²) >= 11 is 2.54. The van der Waals surface area contributed by atoms with Gasteiger partial charge < -0.3 is 10.6 Å². The molecule has 1 aromatic heterocycles. The van der Waals surface area contributed by atoms with Crippen molar-refractivity contribution in [1.29, 1.82) is 0 Å². The average molecular weight is 351 g/mol. The first-order valence-corrected chi connectivity index (χ1v) is 9.81. The Bertz CT molecular complexity index is 595. The Labute approximate surface area is 131 Å². The second-order valence-corrected chi connectivity index (χ2v) is 8.86. The van der Waals surface area contributed by atoms with E-state index in [1.807, 2.05) is 0 Å². The molecule has 2 heterocycles. The lowest BCUT2D eigenvalue weighted by Crippen LogP contribution is -2.51. The lowest BCUT2D eigenvalue weighted by atomic mass is 10.3. The number of rotatable bonds is 5. The maximum absolute atomic E-state index is 12.1. The van der Waals surface area contributed by atoms with Crippen LogP contribution in [0.2, 0.25) is 0 Å². The van der Waals surface area contributed by atoms with E-state index in [9.17, 15) is 13.2 Å². The lowest BCUT2D eigenvalue weighted by molar-refractivity contribution is -0.129. The zero-order valence-corrected chi connectivity index (χ0v) is 14.0. The van der Waals surface area contributed by atoms with Gasteiger partial charge in [0.1, 0.15) is 0 Å². The van der Waals surface area contributed by atoms with Crippen molar-refractivity contribution in [3.63, 3.8) is 0 Å². The van der Waals surface area contributed by atoms with E-state index < -0.39 is 10.0 Å². The molecule has 0 aliphatic carbocycles. The van der Waals surface area contributed by atoms with Gasteiger partial charge in [-0.25, -0.2) is 8.42 Å². The minimum atomic E-state index is -3.16. The third-order valence-electron chi connectivity index (χ3n) is 3.09. The van der Waals surface area contributed by atoms with Crippen molar-refractivity contribution < 1.29 is 13.2 Å². The fraction of sp³-hybridized carbons (Fsp3) is 0.700. The van der Waals surface area contributed by atoms with Gasteiger partial charge in [-0.2, -0.15) is 4.31 Å². The maximum Gasteiger partial charge on any atom is 0.233 e. The molecular weight excluding hydrogens is 334 g/mol. The fourth-order valence-electron chi connectivity index (χ4n) is 1.89. The van der Waals surface area contributed by atoms with Crippen LogP contribution >= 0.6 is 23.1 Å². The molecule has 2 N–H and O–H groups in total. The van der Waals surface area contributed by atoms with E-state index in [0.717, 1.165) is 0 Å². The predicted octanol–water partition coefficient (Wildman–Crippen LogP) is -0.294. The molecule has 0 unspecified atom stereocenters. The summed E-state index contributed by atoms with van der Waals surface area (Å²) < 4.78 is 25.6. The van der Waals surface area contributed by atoms with Crippen LogP contribution in [0.3, 0.4) is 0 Å². The van der Waals surface area contributed by atoms with Crippen LogP contribution in [-0.4, -0.2) is 71.4 Å². The average Bonchev–Trinajstić information content (AvgIpc) is 2.90. The van der Waals surface area contributed by atoms with Crippen LogP contribution < -0.4 is 5.73 Å². The molecule has 1 aliphatic rings. The van der Waals surface area contributed by atoms with Crippen LogP contribution in [-0.2, 0) is 14.8 Å². The van der Waals surface area contributed by atoms with Gasteiger partial charge in [0.05, 0.1) is 11.5 Å². The number of carbonyl (C=O) groups excluding carboxylic acids is 1. The van der Waals surface area contributed by atoms with Crippen LogP contribution in [0.5, 0.6) is 0 Å². The molecule has 1 fully saturated rings.